The van der Waals surface area contributed by atoms with E-state index in [1.54, 1.807) is 6.92 Å². The van der Waals surface area contributed by atoms with Gasteiger partial charge in [-0.15, -0.1) is 0 Å². The van der Waals surface area contributed by atoms with E-state index >= 15 is 0 Å². The maximum absolute atomic E-state index is 10.1. The van der Waals surface area contributed by atoms with Crippen LogP contribution in [0.4, 0.5) is 0 Å². The molecular weight excluding hydrogens is 250 g/mol. The van der Waals surface area contributed by atoms with Crippen LogP contribution in [-0.2, 0) is 0 Å². The lowest BCUT2D eigenvalue weighted by molar-refractivity contribution is 0.0127. The summed E-state index contributed by atoms with van der Waals surface area (Å²) in [6.07, 6.45) is 0. The summed E-state index contributed by atoms with van der Waals surface area (Å²) in [6.45, 7) is 9.23. The molecule has 0 heterocycles. The summed E-state index contributed by atoms with van der Waals surface area (Å²) >= 11 is 6.09. The molecule has 1 aromatic carbocycles. The van der Waals surface area contributed by atoms with Crippen LogP contribution < -0.4 is 10.1 Å². The molecule has 2 N–H and O–H groups in total. The molecule has 0 amide bonds. The third kappa shape index (κ3) is 4.48. The lowest BCUT2D eigenvalue weighted by Gasteiger charge is -2.24. The molecule has 0 aromatic heterocycles. The van der Waals surface area contributed by atoms with Gasteiger partial charge in [-0.3, -0.25) is 0 Å². The minimum atomic E-state index is -0.878. The Morgan fingerprint density at radius 2 is 1.89 bits per heavy atom. The molecule has 1 atom stereocenters. The summed E-state index contributed by atoms with van der Waals surface area (Å²) in [7, 11) is 0. The van der Waals surface area contributed by atoms with Crippen LogP contribution in [0, 0.1) is 13.8 Å². The molecule has 0 radical (unpaired) electrons. The van der Waals surface area contributed by atoms with Crippen LogP contribution in [0.1, 0.15) is 25.0 Å². The number of hydrogen-bond acceptors (Lipinski definition) is 3. The number of halogens is 1. The van der Waals surface area contributed by atoms with Gasteiger partial charge in [0.25, 0.3) is 0 Å². The second kappa shape index (κ2) is 6.41. The number of benzene rings is 1. The lowest BCUT2D eigenvalue weighted by Crippen LogP contribution is -2.42. The van der Waals surface area contributed by atoms with Gasteiger partial charge in [0.1, 0.15) is 18.0 Å². The normalized spacial score (nSPS) is 14.3. The van der Waals surface area contributed by atoms with Crippen molar-refractivity contribution in [2.24, 2.45) is 0 Å². The molecule has 0 spiro atoms. The first-order valence-electron chi connectivity index (χ1n) is 6.18. The Balaban J connectivity index is 2.63. The van der Waals surface area contributed by atoms with Crippen LogP contribution in [0.25, 0.3) is 0 Å². The lowest BCUT2D eigenvalue weighted by atomic mass is 10.1. The summed E-state index contributed by atoms with van der Waals surface area (Å²) in [4.78, 5) is 0. The van der Waals surface area contributed by atoms with Crippen molar-refractivity contribution in [2.75, 3.05) is 19.7 Å². The average molecular weight is 272 g/mol. The molecule has 1 unspecified atom stereocenters. The molecule has 0 aliphatic rings. The molecule has 0 aliphatic heterocycles. The highest BCUT2D eigenvalue weighted by Crippen LogP contribution is 2.26. The van der Waals surface area contributed by atoms with Crippen molar-refractivity contribution in [3.63, 3.8) is 0 Å². The highest BCUT2D eigenvalue weighted by Gasteiger charge is 2.20. The molecule has 18 heavy (non-hydrogen) atoms. The third-order valence-electron chi connectivity index (χ3n) is 2.72. The molecular formula is C14H22ClNO2. The number of likely N-dealkylation sites (N-methyl/N-ethyl adjacent to an activating group) is 1. The minimum Gasteiger partial charge on any atom is -0.491 e. The van der Waals surface area contributed by atoms with Gasteiger partial charge in [-0.1, -0.05) is 18.5 Å². The van der Waals surface area contributed by atoms with Gasteiger partial charge in [-0.2, -0.15) is 0 Å². The maximum atomic E-state index is 10.1. The Kier molecular flexibility index (Phi) is 5.45. The Bertz CT molecular complexity index is 382. The fourth-order valence-electron chi connectivity index (χ4n) is 1.67. The average Bonchev–Trinajstić information content (AvgIpc) is 2.31. The first kappa shape index (κ1) is 15.3. The highest BCUT2D eigenvalue weighted by atomic mass is 35.5. The molecule has 0 fully saturated rings. The van der Waals surface area contributed by atoms with Crippen LogP contribution in [0.5, 0.6) is 5.75 Å². The van der Waals surface area contributed by atoms with Crippen LogP contribution in [0.2, 0.25) is 5.02 Å². The number of nitrogens with one attached hydrogen (secondary N) is 1. The Labute approximate surface area is 114 Å². The molecule has 3 nitrogen and oxygen atoms in total. The van der Waals surface area contributed by atoms with Crippen molar-refractivity contribution in [2.45, 2.75) is 33.3 Å². The summed E-state index contributed by atoms with van der Waals surface area (Å²) in [6, 6.07) is 3.78. The third-order valence-corrected chi connectivity index (χ3v) is 3.31. The molecule has 102 valence electrons. The number of rotatable bonds is 6. The first-order valence-corrected chi connectivity index (χ1v) is 6.56. The number of aryl methyl sites for hydroxylation is 2. The molecule has 0 saturated carbocycles. The smallest absolute Gasteiger partial charge is 0.120 e. The van der Waals surface area contributed by atoms with Crippen LogP contribution in [0.3, 0.4) is 0 Å². The number of hydrogen-bond donors (Lipinski definition) is 2. The van der Waals surface area contributed by atoms with Crippen molar-refractivity contribution >= 4 is 11.6 Å². The van der Waals surface area contributed by atoms with E-state index in [1.807, 2.05) is 32.9 Å². The van der Waals surface area contributed by atoms with E-state index in [0.717, 1.165) is 28.4 Å². The van der Waals surface area contributed by atoms with E-state index in [-0.39, 0.29) is 6.61 Å². The summed E-state index contributed by atoms with van der Waals surface area (Å²) in [5.74, 6) is 0.742. The molecule has 0 saturated heterocycles. The number of aliphatic hydroxyl groups is 1. The van der Waals surface area contributed by atoms with Crippen LogP contribution in [0.15, 0.2) is 12.1 Å². The topological polar surface area (TPSA) is 41.5 Å². The minimum absolute atomic E-state index is 0.251. The SMILES string of the molecule is CCNCC(C)(O)COc1cc(C)c(Cl)c(C)c1. The molecule has 1 rings (SSSR count). The second-order valence-corrected chi connectivity index (χ2v) is 5.31. The second-order valence-electron chi connectivity index (χ2n) is 4.94. The van der Waals surface area contributed by atoms with Crippen molar-refractivity contribution in [3.8, 4) is 5.75 Å². The van der Waals surface area contributed by atoms with E-state index < -0.39 is 5.60 Å². The van der Waals surface area contributed by atoms with E-state index in [2.05, 4.69) is 5.32 Å². The summed E-state index contributed by atoms with van der Waals surface area (Å²) in [5.41, 5.74) is 1.09. The molecule has 0 bridgehead atoms. The molecule has 4 heteroatoms. The van der Waals surface area contributed by atoms with Crippen LogP contribution in [-0.4, -0.2) is 30.4 Å². The van der Waals surface area contributed by atoms with Gasteiger partial charge in [0, 0.05) is 11.6 Å². The van der Waals surface area contributed by atoms with Gasteiger partial charge in [-0.05, 0) is 50.6 Å². The van der Waals surface area contributed by atoms with Crippen molar-refractivity contribution < 1.29 is 9.84 Å². The van der Waals surface area contributed by atoms with Gasteiger partial charge in [-0.25, -0.2) is 0 Å². The fourth-order valence-corrected chi connectivity index (χ4v) is 1.78. The summed E-state index contributed by atoms with van der Waals surface area (Å²) in [5, 5.41) is 14.0. The fraction of sp³-hybridized carbons (Fsp3) is 0.571. The van der Waals surface area contributed by atoms with Crippen molar-refractivity contribution in [3.05, 3.63) is 28.3 Å². The van der Waals surface area contributed by atoms with E-state index in [4.69, 9.17) is 16.3 Å². The maximum Gasteiger partial charge on any atom is 0.120 e. The standard InChI is InChI=1S/C14H22ClNO2/c1-5-16-8-14(4,17)9-18-12-6-10(2)13(15)11(3)7-12/h6-7,16-17H,5,8-9H2,1-4H3. The monoisotopic (exact) mass is 271 g/mol. The predicted molar refractivity (Wildman–Crippen MR) is 75.6 cm³/mol. The zero-order chi connectivity index (χ0) is 13.8. The largest absolute Gasteiger partial charge is 0.491 e. The Morgan fingerprint density at radius 1 is 1.33 bits per heavy atom. The zero-order valence-electron chi connectivity index (χ0n) is 11.5. The van der Waals surface area contributed by atoms with E-state index in [9.17, 15) is 5.11 Å². The Hall–Kier alpha value is -0.770. The van der Waals surface area contributed by atoms with Gasteiger partial charge < -0.3 is 15.2 Å². The molecule has 0 aliphatic carbocycles. The van der Waals surface area contributed by atoms with Crippen molar-refractivity contribution in [1.82, 2.24) is 5.32 Å². The van der Waals surface area contributed by atoms with Gasteiger partial charge in [0.05, 0.1) is 0 Å². The summed E-state index contributed by atoms with van der Waals surface area (Å²) < 4.78 is 5.64. The van der Waals surface area contributed by atoms with Gasteiger partial charge in [0.15, 0.2) is 0 Å². The van der Waals surface area contributed by atoms with Gasteiger partial charge in [0.2, 0.25) is 0 Å². The van der Waals surface area contributed by atoms with E-state index in [1.165, 1.54) is 0 Å². The predicted octanol–water partition coefficient (Wildman–Crippen LogP) is 2.70. The van der Waals surface area contributed by atoms with Crippen molar-refractivity contribution in [1.29, 1.82) is 0 Å². The van der Waals surface area contributed by atoms with E-state index in [0.29, 0.717) is 6.54 Å². The Morgan fingerprint density at radius 3 is 2.39 bits per heavy atom. The van der Waals surface area contributed by atoms with Crippen LogP contribution >= 0.6 is 11.6 Å². The number of ether oxygens (including phenoxy) is 1. The first-order chi connectivity index (χ1) is 8.35. The molecule has 1 aromatic rings. The zero-order valence-corrected chi connectivity index (χ0v) is 12.3. The highest BCUT2D eigenvalue weighted by molar-refractivity contribution is 6.32. The quantitative estimate of drug-likeness (QED) is 0.836. The van der Waals surface area contributed by atoms with Gasteiger partial charge >= 0.3 is 0 Å².